The molecule has 172 valence electrons. The molecular formula is C26H27FN2O4. The van der Waals surface area contributed by atoms with Gasteiger partial charge in [-0.05, 0) is 66.9 Å². The highest BCUT2D eigenvalue weighted by atomic mass is 19.1. The quantitative estimate of drug-likeness (QED) is 0.533. The van der Waals surface area contributed by atoms with E-state index in [4.69, 9.17) is 9.15 Å². The number of hydrogen-bond acceptors (Lipinski definition) is 4. The number of nitrogens with one attached hydrogen (secondary N) is 1. The molecule has 1 unspecified atom stereocenters. The molecule has 1 saturated carbocycles. The van der Waals surface area contributed by atoms with Gasteiger partial charge in [0.25, 0.3) is 5.91 Å². The Kier molecular flexibility index (Phi) is 7.07. The first kappa shape index (κ1) is 22.6. The van der Waals surface area contributed by atoms with Crippen LogP contribution in [0.3, 0.4) is 0 Å². The van der Waals surface area contributed by atoms with Crippen molar-refractivity contribution in [1.29, 1.82) is 0 Å². The van der Waals surface area contributed by atoms with E-state index >= 15 is 0 Å². The van der Waals surface area contributed by atoms with Crippen LogP contribution in [0.1, 0.15) is 54.3 Å². The van der Waals surface area contributed by atoms with Gasteiger partial charge in [-0.3, -0.25) is 14.5 Å². The Morgan fingerprint density at radius 1 is 1.03 bits per heavy atom. The summed E-state index contributed by atoms with van der Waals surface area (Å²) in [6.45, 7) is 0. The number of ether oxygens (including phenoxy) is 1. The molecular weight excluding hydrogens is 423 g/mol. The third-order valence-corrected chi connectivity index (χ3v) is 5.95. The number of anilines is 1. The van der Waals surface area contributed by atoms with E-state index in [1.165, 1.54) is 35.4 Å². The summed E-state index contributed by atoms with van der Waals surface area (Å²) in [5.74, 6) is -0.487. The minimum atomic E-state index is -1.02. The van der Waals surface area contributed by atoms with Gasteiger partial charge in [0.05, 0.1) is 13.4 Å². The molecule has 1 atom stereocenters. The van der Waals surface area contributed by atoms with Crippen LogP contribution in [0.2, 0.25) is 0 Å². The van der Waals surface area contributed by atoms with Crippen molar-refractivity contribution in [2.24, 2.45) is 0 Å². The van der Waals surface area contributed by atoms with E-state index in [0.29, 0.717) is 17.0 Å². The molecule has 1 aliphatic carbocycles. The van der Waals surface area contributed by atoms with Crippen LogP contribution in [0.15, 0.2) is 71.3 Å². The molecule has 7 heteroatoms. The van der Waals surface area contributed by atoms with Crippen LogP contribution >= 0.6 is 0 Å². The molecule has 2 amide bonds. The number of hydrogen-bond donors (Lipinski definition) is 1. The third kappa shape index (κ3) is 5.25. The first-order valence-corrected chi connectivity index (χ1v) is 11.1. The fourth-order valence-corrected chi connectivity index (χ4v) is 4.24. The smallest absolute Gasteiger partial charge is 0.294 e. The molecule has 1 aliphatic rings. The van der Waals surface area contributed by atoms with E-state index in [1.54, 1.807) is 43.5 Å². The highest BCUT2D eigenvalue weighted by molar-refractivity contribution is 6.08. The highest BCUT2D eigenvalue weighted by Crippen LogP contribution is 2.32. The monoisotopic (exact) mass is 450 g/mol. The summed E-state index contributed by atoms with van der Waals surface area (Å²) < 4.78 is 24.3. The average molecular weight is 451 g/mol. The summed E-state index contributed by atoms with van der Waals surface area (Å²) >= 11 is 0. The summed E-state index contributed by atoms with van der Waals surface area (Å²) in [5.41, 5.74) is 0.991. The van der Waals surface area contributed by atoms with E-state index in [9.17, 15) is 14.0 Å². The molecule has 0 aliphatic heterocycles. The lowest BCUT2D eigenvalue weighted by Gasteiger charge is -2.33. The fraction of sp³-hybridized carbons (Fsp3) is 0.308. The number of nitrogens with zero attached hydrogens (tertiary/aromatic N) is 1. The molecule has 6 nitrogen and oxygen atoms in total. The van der Waals surface area contributed by atoms with Crippen molar-refractivity contribution in [2.75, 3.05) is 12.0 Å². The molecule has 0 bridgehead atoms. The van der Waals surface area contributed by atoms with Crippen molar-refractivity contribution in [1.82, 2.24) is 5.32 Å². The zero-order chi connectivity index (χ0) is 23.2. The lowest BCUT2D eigenvalue weighted by molar-refractivity contribution is -0.123. The minimum Gasteiger partial charge on any atom is -0.497 e. The van der Waals surface area contributed by atoms with Crippen molar-refractivity contribution in [3.8, 4) is 5.75 Å². The summed E-state index contributed by atoms with van der Waals surface area (Å²) in [5, 5.41) is 3.12. The van der Waals surface area contributed by atoms with Gasteiger partial charge < -0.3 is 14.5 Å². The number of rotatable bonds is 7. The number of carbonyl (C=O) groups excluding carboxylic acids is 2. The summed E-state index contributed by atoms with van der Waals surface area (Å²) in [6.07, 6.45) is 6.48. The predicted molar refractivity (Wildman–Crippen MR) is 123 cm³/mol. The molecule has 4 rings (SSSR count). The Hall–Kier alpha value is -3.61. The van der Waals surface area contributed by atoms with E-state index < -0.39 is 17.8 Å². The Morgan fingerprint density at radius 3 is 2.33 bits per heavy atom. The maximum absolute atomic E-state index is 13.7. The summed E-state index contributed by atoms with van der Waals surface area (Å²) in [4.78, 5) is 28.6. The maximum atomic E-state index is 13.7. The van der Waals surface area contributed by atoms with Crippen LogP contribution in [0.5, 0.6) is 5.75 Å². The standard InChI is InChI=1S/C26H27FN2O4/c1-32-22-15-13-21(14-16-22)29(26(31)23-8-5-17-33-23)24(18-9-11-19(27)12-10-18)25(30)28-20-6-3-2-4-7-20/h5,8-17,20,24H,2-4,6-7H2,1H3,(H,28,30). The lowest BCUT2D eigenvalue weighted by Crippen LogP contribution is -2.47. The van der Waals surface area contributed by atoms with Gasteiger partial charge in [-0.1, -0.05) is 31.4 Å². The van der Waals surface area contributed by atoms with Gasteiger partial charge in [-0.15, -0.1) is 0 Å². The fourth-order valence-electron chi connectivity index (χ4n) is 4.24. The van der Waals surface area contributed by atoms with Crippen molar-refractivity contribution in [3.63, 3.8) is 0 Å². The van der Waals surface area contributed by atoms with Gasteiger partial charge in [0.1, 0.15) is 17.6 Å². The minimum absolute atomic E-state index is 0.0469. The number of methoxy groups -OCH3 is 1. The first-order chi connectivity index (χ1) is 16.1. The molecule has 1 N–H and O–H groups in total. The van der Waals surface area contributed by atoms with Crippen LogP contribution in [0.25, 0.3) is 0 Å². The first-order valence-electron chi connectivity index (χ1n) is 11.1. The second-order valence-electron chi connectivity index (χ2n) is 8.15. The van der Waals surface area contributed by atoms with Gasteiger partial charge in [0.2, 0.25) is 5.91 Å². The summed E-state index contributed by atoms with van der Waals surface area (Å²) in [7, 11) is 1.56. The van der Waals surface area contributed by atoms with Crippen molar-refractivity contribution in [3.05, 3.63) is 84.1 Å². The van der Waals surface area contributed by atoms with Crippen LogP contribution in [-0.4, -0.2) is 25.0 Å². The Morgan fingerprint density at radius 2 is 1.73 bits per heavy atom. The Labute approximate surface area is 192 Å². The number of carbonyl (C=O) groups is 2. The number of halogens is 1. The Bertz CT molecular complexity index is 1060. The second kappa shape index (κ2) is 10.3. The molecule has 0 saturated heterocycles. The highest BCUT2D eigenvalue weighted by Gasteiger charge is 2.35. The zero-order valence-corrected chi connectivity index (χ0v) is 18.5. The molecule has 2 aromatic carbocycles. The van der Waals surface area contributed by atoms with E-state index in [-0.39, 0.29) is 17.7 Å². The van der Waals surface area contributed by atoms with Crippen LogP contribution in [0.4, 0.5) is 10.1 Å². The number of furan rings is 1. The lowest BCUT2D eigenvalue weighted by atomic mass is 9.94. The average Bonchev–Trinajstić information content (AvgIpc) is 3.39. The molecule has 1 heterocycles. The SMILES string of the molecule is COc1ccc(N(C(=O)c2ccco2)C(C(=O)NC2CCCCC2)c2ccc(F)cc2)cc1. The molecule has 1 fully saturated rings. The van der Waals surface area contributed by atoms with Crippen LogP contribution in [0, 0.1) is 5.82 Å². The number of benzene rings is 2. The maximum Gasteiger partial charge on any atom is 0.294 e. The van der Waals surface area contributed by atoms with Crippen molar-refractivity contribution in [2.45, 2.75) is 44.2 Å². The second-order valence-corrected chi connectivity index (χ2v) is 8.15. The van der Waals surface area contributed by atoms with Crippen LogP contribution in [-0.2, 0) is 4.79 Å². The molecule has 0 spiro atoms. The third-order valence-electron chi connectivity index (χ3n) is 5.95. The largest absolute Gasteiger partial charge is 0.497 e. The van der Waals surface area contributed by atoms with E-state index in [1.807, 2.05) is 0 Å². The zero-order valence-electron chi connectivity index (χ0n) is 18.5. The number of amides is 2. The molecule has 3 aromatic rings. The van der Waals surface area contributed by atoms with Crippen LogP contribution < -0.4 is 15.0 Å². The summed E-state index contributed by atoms with van der Waals surface area (Å²) in [6, 6.07) is 14.7. The topological polar surface area (TPSA) is 71.8 Å². The normalized spacial score (nSPS) is 15.0. The molecule has 0 radical (unpaired) electrons. The van der Waals surface area contributed by atoms with E-state index in [0.717, 1.165) is 32.1 Å². The van der Waals surface area contributed by atoms with Gasteiger partial charge in [0.15, 0.2) is 5.76 Å². The van der Waals surface area contributed by atoms with Gasteiger partial charge in [0, 0.05) is 11.7 Å². The van der Waals surface area contributed by atoms with Crippen molar-refractivity contribution < 1.29 is 23.1 Å². The molecule has 1 aromatic heterocycles. The Balaban J connectivity index is 1.77. The van der Waals surface area contributed by atoms with Gasteiger partial charge in [-0.25, -0.2) is 4.39 Å². The molecule has 33 heavy (non-hydrogen) atoms. The van der Waals surface area contributed by atoms with Crippen molar-refractivity contribution >= 4 is 17.5 Å². The van der Waals surface area contributed by atoms with Gasteiger partial charge >= 0.3 is 0 Å². The predicted octanol–water partition coefficient (Wildman–Crippen LogP) is 5.26. The van der Waals surface area contributed by atoms with E-state index in [2.05, 4.69) is 5.32 Å². The van der Waals surface area contributed by atoms with Gasteiger partial charge in [-0.2, -0.15) is 0 Å².